The van der Waals surface area contributed by atoms with Crippen molar-refractivity contribution in [2.75, 3.05) is 5.75 Å². The van der Waals surface area contributed by atoms with Crippen molar-refractivity contribution in [3.8, 4) is 5.75 Å². The van der Waals surface area contributed by atoms with E-state index < -0.39 is 0 Å². The van der Waals surface area contributed by atoms with Crippen LogP contribution in [0.2, 0.25) is 5.02 Å². The quantitative estimate of drug-likeness (QED) is 0.717. The Morgan fingerprint density at radius 1 is 1.37 bits per heavy atom. The van der Waals surface area contributed by atoms with Crippen LogP contribution in [0.15, 0.2) is 36.4 Å². The highest BCUT2D eigenvalue weighted by Crippen LogP contribution is 2.40. The van der Waals surface area contributed by atoms with Crippen LogP contribution in [-0.4, -0.2) is 17.3 Å². The molecule has 2 aromatic rings. The zero-order chi connectivity index (χ0) is 19.6. The molecule has 1 atom stereocenters. The number of nitrogens with one attached hydrogen (secondary N) is 1. The Morgan fingerprint density at radius 2 is 2.15 bits per heavy atom. The number of carbonyl (C=O) groups is 1. The smallest absolute Gasteiger partial charge is 0.230 e. The molecule has 1 amide bonds. The maximum absolute atomic E-state index is 13.8. The van der Waals surface area contributed by atoms with Crippen molar-refractivity contribution < 1.29 is 13.9 Å². The third-order valence-corrected chi connectivity index (χ3v) is 5.82. The molecular weight excluding hydrogens is 385 g/mol. The third-order valence-electron chi connectivity index (χ3n) is 4.50. The van der Waals surface area contributed by atoms with Crippen LogP contribution in [0.3, 0.4) is 0 Å². The van der Waals surface area contributed by atoms with Crippen molar-refractivity contribution in [3.63, 3.8) is 0 Å². The lowest BCUT2D eigenvalue weighted by molar-refractivity contribution is -0.119. The van der Waals surface area contributed by atoms with Gasteiger partial charge in [0.2, 0.25) is 5.91 Å². The fraction of sp³-hybridized carbons (Fsp3) is 0.381. The van der Waals surface area contributed by atoms with Gasteiger partial charge in [0.1, 0.15) is 17.2 Å². The van der Waals surface area contributed by atoms with E-state index in [-0.39, 0.29) is 29.1 Å². The topological polar surface area (TPSA) is 38.3 Å². The van der Waals surface area contributed by atoms with Gasteiger partial charge in [0.15, 0.2) is 0 Å². The van der Waals surface area contributed by atoms with Gasteiger partial charge >= 0.3 is 0 Å². The van der Waals surface area contributed by atoms with Gasteiger partial charge in [-0.05, 0) is 44.5 Å². The molecular formula is C21H23ClFNO2S. The predicted octanol–water partition coefficient (Wildman–Crippen LogP) is 5.44. The van der Waals surface area contributed by atoms with Crippen molar-refractivity contribution in [1.82, 2.24) is 5.32 Å². The van der Waals surface area contributed by atoms with Crippen molar-refractivity contribution in [1.29, 1.82) is 0 Å². The molecule has 144 valence electrons. The van der Waals surface area contributed by atoms with E-state index in [0.717, 1.165) is 16.9 Å². The summed E-state index contributed by atoms with van der Waals surface area (Å²) in [7, 11) is 0. The van der Waals surface area contributed by atoms with E-state index in [1.807, 2.05) is 39.0 Å². The lowest BCUT2D eigenvalue weighted by Gasteiger charge is -2.38. The van der Waals surface area contributed by atoms with E-state index in [9.17, 15) is 9.18 Å². The van der Waals surface area contributed by atoms with Crippen molar-refractivity contribution in [2.24, 2.45) is 0 Å². The van der Waals surface area contributed by atoms with Gasteiger partial charge in [-0.25, -0.2) is 4.39 Å². The molecule has 2 aromatic carbocycles. The molecule has 0 saturated heterocycles. The average molecular weight is 408 g/mol. The minimum Gasteiger partial charge on any atom is -0.487 e. The zero-order valence-electron chi connectivity index (χ0n) is 15.6. The molecule has 1 aliphatic rings. The number of hydrogen-bond donors (Lipinski definition) is 1. The van der Waals surface area contributed by atoms with E-state index >= 15 is 0 Å². The Bertz CT molecular complexity index is 836. The number of halogens is 2. The zero-order valence-corrected chi connectivity index (χ0v) is 17.2. The molecule has 0 fully saturated rings. The number of carbonyl (C=O) groups excluding carboxylic acids is 1. The normalized spacial score (nSPS) is 17.7. The van der Waals surface area contributed by atoms with Crippen LogP contribution in [0.5, 0.6) is 5.75 Å². The largest absolute Gasteiger partial charge is 0.487 e. The van der Waals surface area contributed by atoms with Crippen molar-refractivity contribution >= 4 is 29.3 Å². The minimum absolute atomic E-state index is 0.0818. The Hall–Kier alpha value is -1.72. The fourth-order valence-electron chi connectivity index (χ4n) is 3.24. The summed E-state index contributed by atoms with van der Waals surface area (Å²) in [5.74, 6) is 0.993. The Balaban J connectivity index is 1.62. The van der Waals surface area contributed by atoms with Gasteiger partial charge in [0.05, 0.1) is 11.8 Å². The van der Waals surface area contributed by atoms with Crippen LogP contribution in [0.4, 0.5) is 4.39 Å². The molecule has 0 aliphatic carbocycles. The maximum atomic E-state index is 13.8. The first-order valence-electron chi connectivity index (χ1n) is 8.85. The molecule has 0 radical (unpaired) electrons. The van der Waals surface area contributed by atoms with E-state index in [2.05, 4.69) is 5.32 Å². The lowest BCUT2D eigenvalue weighted by Crippen LogP contribution is -2.41. The molecule has 3 nitrogen and oxygen atoms in total. The number of fused-ring (bicyclic) bond motifs is 1. The van der Waals surface area contributed by atoms with Crippen LogP contribution < -0.4 is 10.1 Å². The summed E-state index contributed by atoms with van der Waals surface area (Å²) in [4.78, 5) is 12.5. The minimum atomic E-state index is -0.355. The van der Waals surface area contributed by atoms with Gasteiger partial charge in [-0.1, -0.05) is 29.8 Å². The van der Waals surface area contributed by atoms with Crippen molar-refractivity contribution in [3.05, 3.63) is 63.9 Å². The molecule has 1 N–H and O–H groups in total. The fourth-order valence-corrected chi connectivity index (χ4v) is 4.42. The average Bonchev–Trinajstić information content (AvgIpc) is 2.56. The molecule has 0 aromatic heterocycles. The summed E-state index contributed by atoms with van der Waals surface area (Å²) >= 11 is 7.38. The van der Waals surface area contributed by atoms with Crippen LogP contribution in [0.25, 0.3) is 0 Å². The molecule has 0 bridgehead atoms. The molecule has 1 heterocycles. The highest BCUT2D eigenvalue weighted by atomic mass is 35.5. The molecule has 0 spiro atoms. The number of hydrogen-bond acceptors (Lipinski definition) is 3. The maximum Gasteiger partial charge on any atom is 0.230 e. The summed E-state index contributed by atoms with van der Waals surface area (Å²) < 4.78 is 19.9. The van der Waals surface area contributed by atoms with Crippen LogP contribution >= 0.6 is 23.4 Å². The summed E-state index contributed by atoms with van der Waals surface area (Å²) in [6, 6.07) is 10.5. The second-order valence-corrected chi connectivity index (χ2v) is 8.81. The number of thioether (sulfide) groups is 1. The summed E-state index contributed by atoms with van der Waals surface area (Å²) in [6.07, 6.45) is 0.693. The summed E-state index contributed by atoms with van der Waals surface area (Å²) in [5, 5.41) is 3.49. The standard InChI is InChI=1S/C21H23ClFNO2S/c1-13-7-8-14-18(10-21(2,3)26-19(14)9-13)24-20(25)12-27-11-15-16(22)5-4-6-17(15)23/h4-9,18H,10-12H2,1-3H3,(H,24,25). The Morgan fingerprint density at radius 3 is 2.89 bits per heavy atom. The van der Waals surface area contributed by atoms with E-state index in [1.165, 1.54) is 17.8 Å². The Labute approximate surface area is 168 Å². The molecule has 27 heavy (non-hydrogen) atoms. The SMILES string of the molecule is Cc1ccc2c(c1)OC(C)(C)CC2NC(=O)CSCc1c(F)cccc1Cl. The number of benzene rings is 2. The molecule has 1 aliphatic heterocycles. The molecule has 0 saturated carbocycles. The first-order chi connectivity index (χ1) is 12.7. The monoisotopic (exact) mass is 407 g/mol. The second-order valence-electron chi connectivity index (χ2n) is 7.42. The van der Waals surface area contributed by atoms with Gasteiger partial charge < -0.3 is 10.1 Å². The van der Waals surface area contributed by atoms with Crippen molar-refractivity contribution in [2.45, 2.75) is 44.6 Å². The highest BCUT2D eigenvalue weighted by Gasteiger charge is 2.34. The number of rotatable bonds is 5. The first-order valence-corrected chi connectivity index (χ1v) is 10.4. The molecule has 6 heteroatoms. The highest BCUT2D eigenvalue weighted by molar-refractivity contribution is 7.99. The molecule has 3 rings (SSSR count). The van der Waals surface area contributed by atoms with Crippen LogP contribution in [0.1, 0.15) is 43.0 Å². The Kier molecular flexibility index (Phi) is 6.02. The second kappa shape index (κ2) is 8.11. The van der Waals surface area contributed by atoms with E-state index in [1.54, 1.807) is 12.1 Å². The van der Waals surface area contributed by atoms with Gasteiger partial charge in [-0.3, -0.25) is 4.79 Å². The van der Waals surface area contributed by atoms with E-state index in [4.69, 9.17) is 16.3 Å². The number of ether oxygens (including phenoxy) is 1. The van der Waals surface area contributed by atoms with Gasteiger partial charge in [-0.2, -0.15) is 0 Å². The predicted molar refractivity (Wildman–Crippen MR) is 109 cm³/mol. The third kappa shape index (κ3) is 4.96. The van der Waals surface area contributed by atoms with Crippen LogP contribution in [-0.2, 0) is 10.5 Å². The molecule has 1 unspecified atom stereocenters. The van der Waals surface area contributed by atoms with Gasteiger partial charge in [-0.15, -0.1) is 11.8 Å². The summed E-state index contributed by atoms with van der Waals surface area (Å²) in [5.41, 5.74) is 2.20. The van der Waals surface area contributed by atoms with Gasteiger partial charge in [0, 0.05) is 28.3 Å². The summed E-state index contributed by atoms with van der Waals surface area (Å²) in [6.45, 7) is 6.06. The van der Waals surface area contributed by atoms with Crippen LogP contribution in [0, 0.1) is 12.7 Å². The van der Waals surface area contributed by atoms with Gasteiger partial charge in [0.25, 0.3) is 0 Å². The first kappa shape index (κ1) is 20.0. The lowest BCUT2D eigenvalue weighted by atomic mass is 9.89. The number of amides is 1. The number of aryl methyl sites for hydroxylation is 1. The van der Waals surface area contributed by atoms with E-state index in [0.29, 0.717) is 22.8 Å².